The number of hydrogen-bond acceptors (Lipinski definition) is 9. The number of nitrogens with one attached hydrogen (secondary N) is 1. The van der Waals surface area contributed by atoms with Gasteiger partial charge in [0.05, 0.1) is 11.9 Å². The fourth-order valence-corrected chi connectivity index (χ4v) is 2.13. The summed E-state index contributed by atoms with van der Waals surface area (Å²) < 4.78 is 5.58. The number of carbonyl (C=O) groups excluding carboxylic acids is 1. The number of nitrogens with two attached hydrogens (primary N) is 1. The molecule has 0 aliphatic heterocycles. The summed E-state index contributed by atoms with van der Waals surface area (Å²) >= 11 is 5.84. The third kappa shape index (κ3) is 3.26. The number of hydrogen-bond donors (Lipinski definition) is 3. The molecular weight excluding hydrogens is 352 g/mol. The Labute approximate surface area is 145 Å². The molecule has 0 bridgehead atoms. The van der Waals surface area contributed by atoms with E-state index in [1.807, 2.05) is 0 Å². The van der Waals surface area contributed by atoms with E-state index in [0.717, 1.165) is 4.68 Å². The van der Waals surface area contributed by atoms with E-state index in [4.69, 9.17) is 17.3 Å². The van der Waals surface area contributed by atoms with Gasteiger partial charge in [0.15, 0.2) is 5.69 Å². The second kappa shape index (κ2) is 6.57. The lowest BCUT2D eigenvalue weighted by molar-refractivity contribution is 0.0946. The van der Waals surface area contributed by atoms with Gasteiger partial charge >= 0.3 is 0 Å². The van der Waals surface area contributed by atoms with E-state index in [-0.39, 0.29) is 23.1 Å². The number of aryl methyl sites for hydroxylation is 1. The highest BCUT2D eigenvalue weighted by atomic mass is 35.5. The Morgan fingerprint density at radius 2 is 2.28 bits per heavy atom. The van der Waals surface area contributed by atoms with E-state index in [1.54, 1.807) is 6.92 Å². The van der Waals surface area contributed by atoms with Gasteiger partial charge in [-0.05, 0) is 35.4 Å². The van der Waals surface area contributed by atoms with Gasteiger partial charge in [-0.2, -0.15) is 9.78 Å². The van der Waals surface area contributed by atoms with Crippen LogP contribution in [0.1, 0.15) is 21.7 Å². The molecule has 0 radical (unpaired) electrons. The Bertz CT molecular complexity index is 964. The summed E-state index contributed by atoms with van der Waals surface area (Å²) in [6.07, 6.45) is 1.24. The first-order chi connectivity index (χ1) is 12.0. The van der Waals surface area contributed by atoms with Crippen molar-refractivity contribution < 1.29 is 14.5 Å². The quantitative estimate of drug-likeness (QED) is 0.451. The molecule has 0 fully saturated rings. The zero-order chi connectivity index (χ0) is 18.0. The number of aromatic hydroxyl groups is 1. The summed E-state index contributed by atoms with van der Waals surface area (Å²) in [6.45, 7) is 1.58. The van der Waals surface area contributed by atoms with Gasteiger partial charge in [0.1, 0.15) is 5.75 Å². The van der Waals surface area contributed by atoms with Crippen LogP contribution in [0.5, 0.6) is 5.75 Å². The van der Waals surface area contributed by atoms with Crippen molar-refractivity contribution in [1.82, 2.24) is 30.7 Å². The highest BCUT2D eigenvalue weighted by Crippen LogP contribution is 2.19. The molecule has 0 saturated carbocycles. The molecule has 0 aliphatic carbocycles. The first-order valence-corrected chi connectivity index (χ1v) is 7.18. The van der Waals surface area contributed by atoms with Gasteiger partial charge in [-0.3, -0.25) is 4.79 Å². The standard InChI is InChI=1S/C13H11ClN8O3/c1-6-10(22(21-17-6)12-11(15)19-25-20-12)13(24)18-16-5-7-4-8(14)2-3-9(7)23/h2-5,23H,1H3,(H2,15,19)(H,18,24). The Balaban J connectivity index is 1.83. The molecule has 25 heavy (non-hydrogen) atoms. The molecule has 0 atom stereocenters. The van der Waals surface area contributed by atoms with Crippen molar-refractivity contribution in [3.63, 3.8) is 0 Å². The maximum atomic E-state index is 12.4. The minimum Gasteiger partial charge on any atom is -0.507 e. The van der Waals surface area contributed by atoms with Crippen LogP contribution in [0.4, 0.5) is 5.82 Å². The SMILES string of the molecule is Cc1nnn(-c2nonc2N)c1C(=O)NN=Cc1cc(Cl)ccc1O. The van der Waals surface area contributed by atoms with Crippen LogP contribution in [-0.2, 0) is 0 Å². The van der Waals surface area contributed by atoms with Crippen molar-refractivity contribution in [1.29, 1.82) is 0 Å². The van der Waals surface area contributed by atoms with E-state index in [1.165, 1.54) is 24.4 Å². The number of amides is 1. The third-order valence-corrected chi connectivity index (χ3v) is 3.34. The smallest absolute Gasteiger partial charge is 0.292 e. The van der Waals surface area contributed by atoms with E-state index >= 15 is 0 Å². The fourth-order valence-electron chi connectivity index (χ4n) is 1.95. The number of phenols is 1. The lowest BCUT2D eigenvalue weighted by Crippen LogP contribution is -2.22. The highest BCUT2D eigenvalue weighted by molar-refractivity contribution is 6.30. The minimum absolute atomic E-state index is 0.0298. The van der Waals surface area contributed by atoms with Crippen molar-refractivity contribution in [2.75, 3.05) is 5.73 Å². The highest BCUT2D eigenvalue weighted by Gasteiger charge is 2.22. The van der Waals surface area contributed by atoms with Gasteiger partial charge in [0, 0.05) is 10.6 Å². The molecule has 12 heteroatoms. The van der Waals surface area contributed by atoms with Gasteiger partial charge in [-0.25, -0.2) is 10.1 Å². The number of carbonyl (C=O) groups is 1. The molecule has 2 heterocycles. The van der Waals surface area contributed by atoms with Crippen LogP contribution in [0.3, 0.4) is 0 Å². The molecule has 1 amide bonds. The van der Waals surface area contributed by atoms with E-state index in [0.29, 0.717) is 16.3 Å². The van der Waals surface area contributed by atoms with E-state index in [2.05, 4.69) is 35.8 Å². The average Bonchev–Trinajstić information content (AvgIpc) is 3.16. The number of hydrazone groups is 1. The van der Waals surface area contributed by atoms with Crippen molar-refractivity contribution in [3.05, 3.63) is 40.2 Å². The normalized spacial score (nSPS) is 11.1. The molecular formula is C13H11ClN8O3. The van der Waals surface area contributed by atoms with Crippen LogP contribution in [-0.4, -0.2) is 42.5 Å². The van der Waals surface area contributed by atoms with Crippen molar-refractivity contribution in [3.8, 4) is 11.6 Å². The van der Waals surface area contributed by atoms with Crippen molar-refractivity contribution in [2.24, 2.45) is 5.10 Å². The van der Waals surface area contributed by atoms with Crippen molar-refractivity contribution in [2.45, 2.75) is 6.92 Å². The molecule has 11 nitrogen and oxygen atoms in total. The summed E-state index contributed by atoms with van der Waals surface area (Å²) in [5.41, 5.74) is 8.60. The fraction of sp³-hybridized carbons (Fsp3) is 0.0769. The molecule has 1 aromatic carbocycles. The first kappa shape index (κ1) is 16.4. The second-order valence-corrected chi connectivity index (χ2v) is 5.25. The van der Waals surface area contributed by atoms with Gasteiger partial charge < -0.3 is 10.8 Å². The zero-order valence-corrected chi connectivity index (χ0v) is 13.5. The largest absolute Gasteiger partial charge is 0.507 e. The summed E-state index contributed by atoms with van der Waals surface area (Å²) in [5.74, 6) is -0.678. The number of phenolic OH excluding ortho intramolecular Hbond substituents is 1. The zero-order valence-electron chi connectivity index (χ0n) is 12.7. The number of benzene rings is 1. The molecule has 128 valence electrons. The number of rotatable bonds is 4. The summed E-state index contributed by atoms with van der Waals surface area (Å²) in [6, 6.07) is 4.43. The van der Waals surface area contributed by atoms with E-state index in [9.17, 15) is 9.90 Å². The Hall–Kier alpha value is -3.47. The predicted octanol–water partition coefficient (Wildman–Crippen LogP) is 0.664. The predicted molar refractivity (Wildman–Crippen MR) is 86.5 cm³/mol. The summed E-state index contributed by atoms with van der Waals surface area (Å²) in [4.78, 5) is 12.4. The van der Waals surface area contributed by atoms with Gasteiger partial charge in [0.2, 0.25) is 11.6 Å². The maximum Gasteiger partial charge on any atom is 0.292 e. The van der Waals surface area contributed by atoms with Gasteiger partial charge in [0.25, 0.3) is 5.91 Å². The minimum atomic E-state index is -0.623. The topological polar surface area (TPSA) is 157 Å². The van der Waals surface area contributed by atoms with Gasteiger partial charge in [-0.15, -0.1) is 5.10 Å². The monoisotopic (exact) mass is 362 g/mol. The summed E-state index contributed by atoms with van der Waals surface area (Å²) in [5, 5.41) is 28.5. The maximum absolute atomic E-state index is 12.4. The Morgan fingerprint density at radius 3 is 3.00 bits per heavy atom. The second-order valence-electron chi connectivity index (χ2n) is 4.81. The number of aromatic nitrogens is 5. The molecule has 3 rings (SSSR count). The van der Waals surface area contributed by atoms with Crippen LogP contribution in [0, 0.1) is 6.92 Å². The van der Waals surface area contributed by atoms with Crippen LogP contribution in [0.15, 0.2) is 27.9 Å². The molecule has 0 aliphatic rings. The first-order valence-electron chi connectivity index (χ1n) is 6.80. The number of anilines is 1. The lowest BCUT2D eigenvalue weighted by atomic mass is 10.2. The number of halogens is 1. The summed E-state index contributed by atoms with van der Waals surface area (Å²) in [7, 11) is 0. The third-order valence-electron chi connectivity index (χ3n) is 3.11. The number of nitrogens with zero attached hydrogens (tertiary/aromatic N) is 6. The molecule has 0 spiro atoms. The van der Waals surface area contributed by atoms with Crippen LogP contribution in [0.2, 0.25) is 5.02 Å². The van der Waals surface area contributed by atoms with Crippen LogP contribution >= 0.6 is 11.6 Å². The van der Waals surface area contributed by atoms with Crippen LogP contribution < -0.4 is 11.2 Å². The molecule has 0 unspecified atom stereocenters. The van der Waals surface area contributed by atoms with E-state index < -0.39 is 5.91 Å². The molecule has 0 saturated heterocycles. The van der Waals surface area contributed by atoms with Crippen LogP contribution in [0.25, 0.3) is 5.82 Å². The Morgan fingerprint density at radius 1 is 1.48 bits per heavy atom. The molecule has 3 aromatic rings. The van der Waals surface area contributed by atoms with Crippen molar-refractivity contribution >= 4 is 29.5 Å². The molecule has 2 aromatic heterocycles. The average molecular weight is 363 g/mol. The number of nitrogen functional groups attached to an aromatic ring is 1. The molecule has 4 N–H and O–H groups in total. The van der Waals surface area contributed by atoms with Gasteiger partial charge in [-0.1, -0.05) is 16.8 Å². The lowest BCUT2D eigenvalue weighted by Gasteiger charge is -2.03. The Kier molecular flexibility index (Phi) is 4.31.